The van der Waals surface area contributed by atoms with Crippen LogP contribution in [0.4, 0.5) is 6.01 Å². The highest BCUT2D eigenvalue weighted by Crippen LogP contribution is 2.60. The number of hydrogen-bond donors (Lipinski definition) is 1. The van der Waals surface area contributed by atoms with Crippen LogP contribution >= 0.6 is 0 Å². The topological polar surface area (TPSA) is 52.0 Å². The Morgan fingerprint density at radius 3 is 2.12 bits per heavy atom. The number of nitrogens with two attached hydrogens (primary N) is 1. The second-order valence-electron chi connectivity index (χ2n) is 6.26. The number of rotatable bonds is 1. The highest BCUT2D eigenvalue weighted by molar-refractivity contribution is 5.23. The molecule has 5 rings (SSSR count). The van der Waals surface area contributed by atoms with Gasteiger partial charge in [0, 0.05) is 5.41 Å². The zero-order chi connectivity index (χ0) is 10.8. The van der Waals surface area contributed by atoms with Crippen LogP contribution in [-0.2, 0) is 5.41 Å². The predicted octanol–water partition coefficient (Wildman–Crippen LogP) is 2.72. The molecule has 4 aliphatic rings. The lowest BCUT2D eigenvalue weighted by molar-refractivity contribution is -0.0148. The maximum Gasteiger partial charge on any atom is 0.292 e. The van der Waals surface area contributed by atoms with Gasteiger partial charge in [-0.15, -0.1) is 0 Å². The number of anilines is 1. The van der Waals surface area contributed by atoms with Crippen molar-refractivity contribution in [2.24, 2.45) is 17.8 Å². The van der Waals surface area contributed by atoms with Crippen LogP contribution in [0.15, 0.2) is 10.6 Å². The molecule has 86 valence electrons. The molecular weight excluding hydrogens is 200 g/mol. The van der Waals surface area contributed by atoms with E-state index in [4.69, 9.17) is 10.2 Å². The van der Waals surface area contributed by atoms with Crippen molar-refractivity contribution < 1.29 is 4.42 Å². The highest BCUT2D eigenvalue weighted by Gasteiger charge is 2.53. The van der Waals surface area contributed by atoms with Crippen molar-refractivity contribution in [3.05, 3.63) is 12.0 Å². The van der Waals surface area contributed by atoms with Crippen molar-refractivity contribution >= 4 is 6.01 Å². The van der Waals surface area contributed by atoms with Crippen molar-refractivity contribution in [2.45, 2.75) is 43.9 Å². The molecule has 4 aliphatic carbocycles. The molecule has 1 heterocycles. The maximum absolute atomic E-state index is 5.64. The Hall–Kier alpha value is -0.990. The fraction of sp³-hybridized carbons (Fsp3) is 0.769. The summed E-state index contributed by atoms with van der Waals surface area (Å²) in [5.41, 5.74) is 5.92. The van der Waals surface area contributed by atoms with Gasteiger partial charge in [-0.25, -0.2) is 4.98 Å². The molecule has 3 nitrogen and oxygen atoms in total. The minimum absolute atomic E-state index is 0.305. The molecule has 2 N–H and O–H groups in total. The van der Waals surface area contributed by atoms with E-state index >= 15 is 0 Å². The second-order valence-corrected chi connectivity index (χ2v) is 6.26. The summed E-state index contributed by atoms with van der Waals surface area (Å²) in [5, 5.41) is 0. The SMILES string of the molecule is Nc1ncc(C23CC4CC(CC(C4)C2)C3)o1. The van der Waals surface area contributed by atoms with E-state index in [0.717, 1.165) is 23.5 Å². The van der Waals surface area contributed by atoms with Gasteiger partial charge in [-0.3, -0.25) is 0 Å². The number of hydrogen-bond acceptors (Lipinski definition) is 3. The quantitative estimate of drug-likeness (QED) is 0.788. The average Bonchev–Trinajstić information content (AvgIpc) is 2.63. The Bertz CT molecular complexity index is 388. The molecule has 3 heteroatoms. The molecule has 0 unspecified atom stereocenters. The van der Waals surface area contributed by atoms with Crippen LogP contribution in [0.2, 0.25) is 0 Å². The third kappa shape index (κ3) is 1.12. The number of aromatic nitrogens is 1. The molecule has 0 atom stereocenters. The summed E-state index contributed by atoms with van der Waals surface area (Å²) in [6.45, 7) is 0. The van der Waals surface area contributed by atoms with Crippen molar-refractivity contribution in [1.29, 1.82) is 0 Å². The molecule has 0 spiro atoms. The molecule has 4 bridgehead atoms. The molecule has 0 aromatic carbocycles. The van der Waals surface area contributed by atoms with Crippen LogP contribution in [0.3, 0.4) is 0 Å². The van der Waals surface area contributed by atoms with Crippen LogP contribution < -0.4 is 5.73 Å². The van der Waals surface area contributed by atoms with Gasteiger partial charge < -0.3 is 10.2 Å². The molecule has 0 saturated heterocycles. The highest BCUT2D eigenvalue weighted by atomic mass is 16.4. The van der Waals surface area contributed by atoms with E-state index in [1.54, 1.807) is 0 Å². The molecule has 4 saturated carbocycles. The fourth-order valence-electron chi connectivity index (χ4n) is 4.95. The first-order valence-electron chi connectivity index (χ1n) is 6.45. The third-order valence-corrected chi connectivity index (χ3v) is 5.08. The molecule has 0 aliphatic heterocycles. The third-order valence-electron chi connectivity index (χ3n) is 5.08. The zero-order valence-electron chi connectivity index (χ0n) is 9.48. The number of nitrogens with zero attached hydrogens (tertiary/aromatic N) is 1. The van der Waals surface area contributed by atoms with Gasteiger partial charge >= 0.3 is 0 Å². The van der Waals surface area contributed by atoms with Gasteiger partial charge in [-0.05, 0) is 56.3 Å². The molecule has 1 aromatic heterocycles. The first kappa shape index (κ1) is 9.08. The average molecular weight is 218 g/mol. The Labute approximate surface area is 95.4 Å². The van der Waals surface area contributed by atoms with E-state index in [9.17, 15) is 0 Å². The second kappa shape index (κ2) is 2.82. The van der Waals surface area contributed by atoms with Crippen molar-refractivity contribution in [2.75, 3.05) is 5.73 Å². The van der Waals surface area contributed by atoms with Gasteiger partial charge in [-0.1, -0.05) is 0 Å². The van der Waals surface area contributed by atoms with Gasteiger partial charge in [0.25, 0.3) is 6.01 Å². The molecule has 0 radical (unpaired) electrons. The summed E-state index contributed by atoms with van der Waals surface area (Å²) >= 11 is 0. The smallest absolute Gasteiger partial charge is 0.292 e. The Balaban J connectivity index is 1.76. The summed E-state index contributed by atoms with van der Waals surface area (Å²) in [4.78, 5) is 4.08. The van der Waals surface area contributed by atoms with Crippen molar-refractivity contribution in [1.82, 2.24) is 4.98 Å². The Morgan fingerprint density at radius 2 is 1.69 bits per heavy atom. The molecule has 1 aromatic rings. The van der Waals surface area contributed by atoms with Crippen LogP contribution in [0.5, 0.6) is 0 Å². The minimum atomic E-state index is 0.305. The lowest BCUT2D eigenvalue weighted by Crippen LogP contribution is -2.48. The normalized spacial score (nSPS) is 45.1. The lowest BCUT2D eigenvalue weighted by Gasteiger charge is -2.55. The summed E-state index contributed by atoms with van der Waals surface area (Å²) in [5.74, 6) is 3.90. The molecule has 16 heavy (non-hydrogen) atoms. The summed E-state index contributed by atoms with van der Waals surface area (Å²) in [6, 6.07) is 0.339. The van der Waals surface area contributed by atoms with Gasteiger partial charge in [0.05, 0.1) is 6.20 Å². The van der Waals surface area contributed by atoms with Crippen molar-refractivity contribution in [3.8, 4) is 0 Å². The summed E-state index contributed by atoms with van der Waals surface area (Å²) in [7, 11) is 0. The van der Waals surface area contributed by atoms with Gasteiger partial charge in [0.15, 0.2) is 0 Å². The summed E-state index contributed by atoms with van der Waals surface area (Å²) in [6.07, 6.45) is 10.2. The zero-order valence-corrected chi connectivity index (χ0v) is 9.48. The van der Waals surface area contributed by atoms with E-state index in [1.165, 1.54) is 38.5 Å². The lowest BCUT2D eigenvalue weighted by atomic mass is 9.49. The van der Waals surface area contributed by atoms with Crippen LogP contribution in [0.1, 0.15) is 44.3 Å². The minimum Gasteiger partial charge on any atom is -0.428 e. The monoisotopic (exact) mass is 218 g/mol. The van der Waals surface area contributed by atoms with Gasteiger partial charge in [0.1, 0.15) is 5.76 Å². The van der Waals surface area contributed by atoms with Crippen LogP contribution in [0, 0.1) is 17.8 Å². The largest absolute Gasteiger partial charge is 0.428 e. The Kier molecular flexibility index (Phi) is 1.60. The van der Waals surface area contributed by atoms with Gasteiger partial charge in [0.2, 0.25) is 0 Å². The van der Waals surface area contributed by atoms with E-state index in [-0.39, 0.29) is 0 Å². The first-order chi connectivity index (χ1) is 7.73. The van der Waals surface area contributed by atoms with Crippen LogP contribution in [0.25, 0.3) is 0 Å². The van der Waals surface area contributed by atoms with Crippen molar-refractivity contribution in [3.63, 3.8) is 0 Å². The summed E-state index contributed by atoms with van der Waals surface area (Å²) < 4.78 is 5.64. The van der Waals surface area contributed by atoms with E-state index in [2.05, 4.69) is 4.98 Å². The molecular formula is C13H18N2O. The maximum atomic E-state index is 5.64. The van der Waals surface area contributed by atoms with E-state index < -0.39 is 0 Å². The fourth-order valence-corrected chi connectivity index (χ4v) is 4.95. The number of oxazole rings is 1. The first-order valence-corrected chi connectivity index (χ1v) is 6.45. The molecule has 0 amide bonds. The van der Waals surface area contributed by atoms with Crippen LogP contribution in [-0.4, -0.2) is 4.98 Å². The van der Waals surface area contributed by atoms with Gasteiger partial charge in [-0.2, -0.15) is 0 Å². The standard InChI is InChI=1S/C13H18N2O/c14-12-15-7-11(16-12)13-4-8-1-9(5-13)3-10(2-8)6-13/h7-10H,1-6H2,(H2,14,15). The van der Waals surface area contributed by atoms with E-state index in [0.29, 0.717) is 11.4 Å². The Morgan fingerprint density at radius 1 is 1.12 bits per heavy atom. The number of nitrogen functional groups attached to an aromatic ring is 1. The molecule has 4 fully saturated rings. The van der Waals surface area contributed by atoms with E-state index in [1.807, 2.05) is 6.20 Å². The predicted molar refractivity (Wildman–Crippen MR) is 60.8 cm³/mol.